The van der Waals surface area contributed by atoms with Gasteiger partial charge in [-0.1, -0.05) is 18.2 Å². The summed E-state index contributed by atoms with van der Waals surface area (Å²) in [5, 5.41) is 12.8. The van der Waals surface area contributed by atoms with Gasteiger partial charge in [0.15, 0.2) is 0 Å². The Morgan fingerprint density at radius 2 is 2.08 bits per heavy atom. The summed E-state index contributed by atoms with van der Waals surface area (Å²) < 4.78 is 0. The number of nitrogens with one attached hydrogen (secondary N) is 5. The topological polar surface area (TPSA) is 128 Å². The van der Waals surface area contributed by atoms with Gasteiger partial charge < -0.3 is 26.6 Å². The van der Waals surface area contributed by atoms with Crippen LogP contribution in [0.5, 0.6) is 0 Å². The molecule has 1 aliphatic heterocycles. The van der Waals surface area contributed by atoms with E-state index in [-0.39, 0.29) is 11.7 Å². The Morgan fingerprint density at radius 3 is 2.73 bits per heavy atom. The van der Waals surface area contributed by atoms with Crippen LogP contribution in [0.1, 0.15) is 13.3 Å². The molecule has 0 aliphatic carbocycles. The van der Waals surface area contributed by atoms with Gasteiger partial charge >= 0.3 is 6.03 Å². The molecule has 1 aliphatic rings. The number of hydrogen-bond acceptors (Lipinski definition) is 5. The van der Waals surface area contributed by atoms with E-state index in [1.54, 1.807) is 25.2 Å². The third kappa shape index (κ3) is 7.60. The second-order valence-electron chi connectivity index (χ2n) is 5.61. The highest BCUT2D eigenvalue weighted by atomic mass is 32.1. The van der Waals surface area contributed by atoms with Crippen LogP contribution in [0.15, 0.2) is 24.3 Å². The number of amides is 5. The highest BCUT2D eigenvalue weighted by Crippen LogP contribution is 1.98. The molecule has 5 amide bonds. The highest BCUT2D eigenvalue weighted by Gasteiger charge is 2.24. The van der Waals surface area contributed by atoms with Crippen LogP contribution in [-0.4, -0.2) is 61.2 Å². The summed E-state index contributed by atoms with van der Waals surface area (Å²) in [6.45, 7) is 2.12. The minimum atomic E-state index is -0.914. The van der Waals surface area contributed by atoms with Crippen LogP contribution in [0.25, 0.3) is 0 Å². The van der Waals surface area contributed by atoms with Gasteiger partial charge in [0, 0.05) is 31.5 Å². The first-order valence-electron chi connectivity index (χ1n) is 8.20. The van der Waals surface area contributed by atoms with E-state index in [9.17, 15) is 19.2 Å². The van der Waals surface area contributed by atoms with E-state index in [1.165, 1.54) is 13.1 Å². The molecule has 0 fully saturated rings. The zero-order valence-corrected chi connectivity index (χ0v) is 15.6. The molecule has 3 unspecified atom stereocenters. The number of rotatable bonds is 4. The monoisotopic (exact) mass is 383 g/mol. The van der Waals surface area contributed by atoms with Crippen molar-refractivity contribution >= 4 is 36.4 Å². The summed E-state index contributed by atoms with van der Waals surface area (Å²) in [6.07, 6.45) is 6.66. The van der Waals surface area contributed by atoms with E-state index in [0.717, 1.165) is 0 Å². The minimum Gasteiger partial charge on any atom is -0.352 e. The Kier molecular flexibility index (Phi) is 9.27. The van der Waals surface area contributed by atoms with Crippen molar-refractivity contribution < 1.29 is 19.2 Å². The van der Waals surface area contributed by atoms with Gasteiger partial charge in [0.1, 0.15) is 12.1 Å². The Labute approximate surface area is 157 Å². The maximum atomic E-state index is 12.4. The van der Waals surface area contributed by atoms with Crippen LogP contribution in [0.2, 0.25) is 0 Å². The van der Waals surface area contributed by atoms with E-state index in [2.05, 4.69) is 39.2 Å². The van der Waals surface area contributed by atoms with E-state index >= 15 is 0 Å². The molecule has 0 spiro atoms. The quantitative estimate of drug-likeness (QED) is 0.270. The van der Waals surface area contributed by atoms with Gasteiger partial charge in [-0.3, -0.25) is 14.4 Å². The first-order valence-corrected chi connectivity index (χ1v) is 8.83. The largest absolute Gasteiger partial charge is 0.352 e. The third-order valence-corrected chi connectivity index (χ3v) is 3.82. The molecule has 1 heterocycles. The van der Waals surface area contributed by atoms with Gasteiger partial charge in [-0.15, -0.1) is 0 Å². The average Bonchev–Trinajstić information content (AvgIpc) is 2.61. The van der Waals surface area contributed by atoms with Crippen LogP contribution < -0.4 is 26.6 Å². The predicted octanol–water partition coefficient (Wildman–Crippen LogP) is -1.16. The van der Waals surface area contributed by atoms with E-state index in [0.29, 0.717) is 13.0 Å². The molecular formula is C16H25N5O4S. The summed E-state index contributed by atoms with van der Waals surface area (Å²) in [5.41, 5.74) is 0. The predicted molar refractivity (Wildman–Crippen MR) is 101 cm³/mol. The van der Waals surface area contributed by atoms with Crippen molar-refractivity contribution in [1.82, 2.24) is 26.6 Å². The van der Waals surface area contributed by atoms with Crippen molar-refractivity contribution in [3.05, 3.63) is 24.3 Å². The van der Waals surface area contributed by atoms with Gasteiger partial charge in [0.25, 0.3) is 0 Å². The molecule has 3 atom stereocenters. The van der Waals surface area contributed by atoms with Crippen molar-refractivity contribution in [2.75, 3.05) is 19.3 Å². The molecule has 144 valence electrons. The van der Waals surface area contributed by atoms with Crippen molar-refractivity contribution in [3.63, 3.8) is 0 Å². The van der Waals surface area contributed by atoms with Gasteiger partial charge in [-0.05, 0) is 13.3 Å². The fourth-order valence-corrected chi connectivity index (χ4v) is 2.30. The lowest BCUT2D eigenvalue weighted by molar-refractivity contribution is -0.128. The van der Waals surface area contributed by atoms with Crippen LogP contribution in [0.4, 0.5) is 4.79 Å². The molecule has 0 aromatic heterocycles. The van der Waals surface area contributed by atoms with Crippen LogP contribution in [-0.2, 0) is 14.4 Å². The molecular weight excluding hydrogens is 358 g/mol. The third-order valence-electron chi connectivity index (χ3n) is 3.46. The Morgan fingerprint density at radius 1 is 1.35 bits per heavy atom. The lowest BCUT2D eigenvalue weighted by atomic mass is 10.1. The zero-order valence-electron chi connectivity index (χ0n) is 14.7. The summed E-state index contributed by atoms with van der Waals surface area (Å²) >= 11 is 4.06. The molecule has 0 bridgehead atoms. The van der Waals surface area contributed by atoms with Crippen LogP contribution in [0, 0.1) is 0 Å². The molecule has 0 saturated carbocycles. The summed E-state index contributed by atoms with van der Waals surface area (Å²) in [4.78, 5) is 47.7. The van der Waals surface area contributed by atoms with Gasteiger partial charge in [0.05, 0.1) is 0 Å². The Bertz CT molecular complexity index is 593. The molecule has 0 radical (unpaired) electrons. The first-order chi connectivity index (χ1) is 12.4. The number of carbonyl (C=O) groups is 4. The van der Waals surface area contributed by atoms with E-state index in [1.807, 2.05) is 0 Å². The maximum absolute atomic E-state index is 12.4. The first kappa shape index (κ1) is 21.6. The maximum Gasteiger partial charge on any atom is 0.315 e. The SMILES string of the molecule is CNC(=O)NC(CS)C(=O)NC1C=CCCNC(=O)C=CC(C)NC1=O. The molecule has 0 aromatic carbocycles. The standard InChI is InChI=1S/C16H25N5O4S/c1-10-6-7-13(22)18-8-4-3-5-11(14(23)19-10)20-15(24)12(9-26)21-16(25)17-2/h3,5-7,10-12,26H,4,8-9H2,1-2H3,(H,18,22)(H,19,23)(H,20,24)(H2,17,21,25). The number of hydrogen-bond donors (Lipinski definition) is 6. The second kappa shape index (κ2) is 11.2. The van der Waals surface area contributed by atoms with Crippen molar-refractivity contribution in [3.8, 4) is 0 Å². The second-order valence-corrected chi connectivity index (χ2v) is 5.97. The number of thiol groups is 1. The molecule has 0 saturated heterocycles. The lowest BCUT2D eigenvalue weighted by Gasteiger charge is -2.21. The smallest absolute Gasteiger partial charge is 0.315 e. The minimum absolute atomic E-state index is 0.0719. The normalized spacial score (nSPS) is 22.1. The molecule has 1 rings (SSSR count). The van der Waals surface area contributed by atoms with Crippen molar-refractivity contribution in [2.45, 2.75) is 31.5 Å². The fourth-order valence-electron chi connectivity index (χ4n) is 2.04. The zero-order chi connectivity index (χ0) is 19.5. The fraction of sp³-hybridized carbons (Fsp3) is 0.500. The molecule has 9 nitrogen and oxygen atoms in total. The van der Waals surface area contributed by atoms with Gasteiger partial charge in [-0.2, -0.15) is 12.6 Å². The number of carbonyl (C=O) groups excluding carboxylic acids is 4. The van der Waals surface area contributed by atoms with Crippen molar-refractivity contribution in [2.24, 2.45) is 0 Å². The van der Waals surface area contributed by atoms with Crippen LogP contribution >= 0.6 is 12.6 Å². The summed E-state index contributed by atoms with van der Waals surface area (Å²) in [7, 11) is 1.43. The molecule has 5 N–H and O–H groups in total. The Hall–Kier alpha value is -2.49. The summed E-state index contributed by atoms with van der Waals surface area (Å²) in [6, 6.07) is -2.72. The summed E-state index contributed by atoms with van der Waals surface area (Å²) in [5.74, 6) is -1.12. The lowest BCUT2D eigenvalue weighted by Crippen LogP contribution is -2.55. The number of urea groups is 1. The van der Waals surface area contributed by atoms with E-state index in [4.69, 9.17) is 0 Å². The van der Waals surface area contributed by atoms with E-state index < -0.39 is 36.0 Å². The van der Waals surface area contributed by atoms with Gasteiger partial charge in [-0.25, -0.2) is 4.79 Å². The highest BCUT2D eigenvalue weighted by molar-refractivity contribution is 7.80. The Balaban J connectivity index is 2.83. The molecule has 26 heavy (non-hydrogen) atoms. The molecule has 10 heteroatoms. The van der Waals surface area contributed by atoms with Gasteiger partial charge in [0.2, 0.25) is 17.7 Å². The average molecular weight is 383 g/mol. The van der Waals surface area contributed by atoms with Crippen molar-refractivity contribution in [1.29, 1.82) is 0 Å². The molecule has 0 aromatic rings. The van der Waals surface area contributed by atoms with Crippen LogP contribution in [0.3, 0.4) is 0 Å².